The lowest BCUT2D eigenvalue weighted by Crippen LogP contribution is -2.10. The molecule has 0 fully saturated rings. The highest BCUT2D eigenvalue weighted by Gasteiger charge is 2.04. The number of anilines is 3. The van der Waals surface area contributed by atoms with Gasteiger partial charge in [0.2, 0.25) is 5.95 Å². The number of nitrogens with zero attached hydrogens (tertiary/aromatic N) is 3. The fourth-order valence-electron chi connectivity index (χ4n) is 1.73. The summed E-state index contributed by atoms with van der Waals surface area (Å²) < 4.78 is 4.98. The molecule has 0 amide bonds. The molecule has 0 atom stereocenters. The van der Waals surface area contributed by atoms with E-state index in [1.165, 1.54) is 11.1 Å². The third-order valence-electron chi connectivity index (χ3n) is 3.02. The Morgan fingerprint density at radius 3 is 2.90 bits per heavy atom. The van der Waals surface area contributed by atoms with Crippen molar-refractivity contribution in [1.82, 2.24) is 15.2 Å². The summed E-state index contributed by atoms with van der Waals surface area (Å²) in [6.07, 6.45) is 1.59. The van der Waals surface area contributed by atoms with Crippen LogP contribution in [0.5, 0.6) is 0 Å². The normalized spacial score (nSPS) is 10.3. The second-order valence-corrected chi connectivity index (χ2v) is 4.46. The highest BCUT2D eigenvalue weighted by molar-refractivity contribution is 5.60. The van der Waals surface area contributed by atoms with Crippen LogP contribution >= 0.6 is 0 Å². The van der Waals surface area contributed by atoms with Crippen molar-refractivity contribution in [2.45, 2.75) is 13.8 Å². The van der Waals surface area contributed by atoms with E-state index in [1.807, 2.05) is 12.1 Å². The molecule has 2 N–H and O–H groups in total. The van der Waals surface area contributed by atoms with Gasteiger partial charge in [0.25, 0.3) is 0 Å². The smallest absolute Gasteiger partial charge is 0.249 e. The van der Waals surface area contributed by atoms with Crippen molar-refractivity contribution in [3.8, 4) is 0 Å². The molecule has 2 aromatic rings. The number of methoxy groups -OCH3 is 1. The van der Waals surface area contributed by atoms with Crippen LogP contribution < -0.4 is 10.6 Å². The molecule has 0 unspecified atom stereocenters. The Bertz CT molecular complexity index is 573. The fourth-order valence-corrected chi connectivity index (χ4v) is 1.73. The third-order valence-corrected chi connectivity index (χ3v) is 3.02. The molecule has 20 heavy (non-hydrogen) atoms. The van der Waals surface area contributed by atoms with Crippen molar-refractivity contribution in [2.75, 3.05) is 30.9 Å². The first-order chi connectivity index (χ1) is 9.70. The molecule has 0 saturated heterocycles. The van der Waals surface area contributed by atoms with Crippen LogP contribution in [0.1, 0.15) is 11.1 Å². The maximum atomic E-state index is 4.98. The lowest BCUT2D eigenvalue weighted by atomic mass is 10.1. The van der Waals surface area contributed by atoms with Crippen LogP contribution in [0.25, 0.3) is 0 Å². The zero-order valence-electron chi connectivity index (χ0n) is 12.0. The zero-order valence-corrected chi connectivity index (χ0v) is 12.0. The second-order valence-electron chi connectivity index (χ2n) is 4.46. The summed E-state index contributed by atoms with van der Waals surface area (Å²) in [6, 6.07) is 6.07. The molecule has 1 heterocycles. The Labute approximate surface area is 118 Å². The number of aryl methyl sites for hydroxylation is 1. The minimum Gasteiger partial charge on any atom is -0.383 e. The van der Waals surface area contributed by atoms with E-state index in [9.17, 15) is 0 Å². The van der Waals surface area contributed by atoms with E-state index in [2.05, 4.69) is 45.7 Å². The molecule has 0 aliphatic heterocycles. The molecule has 0 radical (unpaired) electrons. The van der Waals surface area contributed by atoms with Gasteiger partial charge in [-0.1, -0.05) is 12.1 Å². The molecule has 6 heteroatoms. The predicted molar refractivity (Wildman–Crippen MR) is 79.4 cm³/mol. The maximum Gasteiger partial charge on any atom is 0.249 e. The van der Waals surface area contributed by atoms with Crippen molar-refractivity contribution in [3.63, 3.8) is 0 Å². The molecule has 2 rings (SSSR count). The molecule has 1 aromatic carbocycles. The van der Waals surface area contributed by atoms with Crippen molar-refractivity contribution in [1.29, 1.82) is 0 Å². The van der Waals surface area contributed by atoms with Crippen LogP contribution in [-0.4, -0.2) is 35.4 Å². The van der Waals surface area contributed by atoms with Gasteiger partial charge in [0.1, 0.15) is 0 Å². The van der Waals surface area contributed by atoms with Gasteiger partial charge in [-0.15, -0.1) is 5.10 Å². The van der Waals surface area contributed by atoms with Gasteiger partial charge in [-0.05, 0) is 31.0 Å². The van der Waals surface area contributed by atoms with Crippen LogP contribution in [0.15, 0.2) is 24.4 Å². The van der Waals surface area contributed by atoms with Crippen molar-refractivity contribution in [3.05, 3.63) is 35.5 Å². The van der Waals surface area contributed by atoms with E-state index in [1.54, 1.807) is 13.3 Å². The van der Waals surface area contributed by atoms with Crippen LogP contribution in [0, 0.1) is 13.8 Å². The maximum absolute atomic E-state index is 4.98. The summed E-state index contributed by atoms with van der Waals surface area (Å²) in [7, 11) is 1.66. The second kappa shape index (κ2) is 6.81. The number of hydrogen-bond acceptors (Lipinski definition) is 6. The van der Waals surface area contributed by atoms with Crippen LogP contribution in [0.2, 0.25) is 0 Å². The van der Waals surface area contributed by atoms with E-state index < -0.39 is 0 Å². The van der Waals surface area contributed by atoms with E-state index in [4.69, 9.17) is 4.74 Å². The summed E-state index contributed by atoms with van der Waals surface area (Å²) in [5.74, 6) is 1.14. The molecule has 106 valence electrons. The highest BCUT2D eigenvalue weighted by atomic mass is 16.5. The topological polar surface area (TPSA) is 72.0 Å². The number of rotatable bonds is 6. The molecule has 0 spiro atoms. The van der Waals surface area contributed by atoms with Gasteiger partial charge in [-0.25, -0.2) is 0 Å². The SMILES string of the molecule is COCCNc1cnnc(Nc2cccc(C)c2C)n1. The predicted octanol–water partition coefficient (Wildman–Crippen LogP) is 2.29. The van der Waals surface area contributed by atoms with Gasteiger partial charge < -0.3 is 15.4 Å². The van der Waals surface area contributed by atoms with Gasteiger partial charge in [0, 0.05) is 19.3 Å². The van der Waals surface area contributed by atoms with Gasteiger partial charge in [-0.2, -0.15) is 10.1 Å². The number of benzene rings is 1. The Balaban J connectivity index is 2.09. The number of aromatic nitrogens is 3. The summed E-state index contributed by atoms with van der Waals surface area (Å²) >= 11 is 0. The van der Waals surface area contributed by atoms with Crippen LogP contribution in [-0.2, 0) is 4.74 Å². The lowest BCUT2D eigenvalue weighted by Gasteiger charge is -2.10. The first-order valence-corrected chi connectivity index (χ1v) is 6.46. The zero-order chi connectivity index (χ0) is 14.4. The average Bonchev–Trinajstić information content (AvgIpc) is 2.45. The summed E-state index contributed by atoms with van der Waals surface area (Å²) in [6.45, 7) is 5.43. The first-order valence-electron chi connectivity index (χ1n) is 6.46. The Kier molecular flexibility index (Phi) is 4.84. The third kappa shape index (κ3) is 3.64. The number of nitrogens with one attached hydrogen (secondary N) is 2. The van der Waals surface area contributed by atoms with Crippen LogP contribution in [0.4, 0.5) is 17.5 Å². The molecule has 0 bridgehead atoms. The quantitative estimate of drug-likeness (QED) is 0.787. The van der Waals surface area contributed by atoms with Gasteiger partial charge in [0.05, 0.1) is 12.8 Å². The molecule has 6 nitrogen and oxygen atoms in total. The summed E-state index contributed by atoms with van der Waals surface area (Å²) in [4.78, 5) is 4.36. The minimum atomic E-state index is 0.473. The molecular formula is C14H19N5O. The highest BCUT2D eigenvalue weighted by Crippen LogP contribution is 2.20. The van der Waals surface area contributed by atoms with Crippen LogP contribution in [0.3, 0.4) is 0 Å². The van der Waals surface area contributed by atoms with Gasteiger partial charge in [0.15, 0.2) is 5.82 Å². The van der Waals surface area contributed by atoms with Gasteiger partial charge in [-0.3, -0.25) is 0 Å². The minimum absolute atomic E-state index is 0.473. The number of hydrogen-bond donors (Lipinski definition) is 2. The van der Waals surface area contributed by atoms with Crippen molar-refractivity contribution < 1.29 is 4.74 Å². The molecule has 0 saturated carbocycles. The Hall–Kier alpha value is -2.21. The largest absolute Gasteiger partial charge is 0.383 e. The molecule has 0 aliphatic carbocycles. The van der Waals surface area contributed by atoms with E-state index in [0.29, 0.717) is 24.9 Å². The van der Waals surface area contributed by atoms with Gasteiger partial charge >= 0.3 is 0 Å². The van der Waals surface area contributed by atoms with E-state index >= 15 is 0 Å². The number of ether oxygens (including phenoxy) is 1. The molecule has 0 aliphatic rings. The van der Waals surface area contributed by atoms with Crippen molar-refractivity contribution >= 4 is 17.5 Å². The molecular weight excluding hydrogens is 254 g/mol. The molecule has 1 aromatic heterocycles. The van der Waals surface area contributed by atoms with Crippen molar-refractivity contribution in [2.24, 2.45) is 0 Å². The average molecular weight is 273 g/mol. The van der Waals surface area contributed by atoms with E-state index in [-0.39, 0.29) is 0 Å². The Morgan fingerprint density at radius 2 is 2.10 bits per heavy atom. The van der Waals surface area contributed by atoms with E-state index in [0.717, 1.165) is 5.69 Å². The standard InChI is InChI=1S/C14H19N5O/c1-10-5-4-6-12(11(10)2)17-14-18-13(9-16-19-14)15-7-8-20-3/h4-6,9H,7-8H2,1-3H3,(H2,15,17,18,19). The fraction of sp³-hybridized carbons (Fsp3) is 0.357. The summed E-state index contributed by atoms with van der Waals surface area (Å²) in [5, 5.41) is 14.2. The lowest BCUT2D eigenvalue weighted by molar-refractivity contribution is 0.210. The summed E-state index contributed by atoms with van der Waals surface area (Å²) in [5.41, 5.74) is 3.38. The Morgan fingerprint density at radius 1 is 1.25 bits per heavy atom. The monoisotopic (exact) mass is 273 g/mol. The first kappa shape index (κ1) is 14.2.